The number of aromatic nitrogens is 3. The van der Waals surface area contributed by atoms with Gasteiger partial charge >= 0.3 is 0 Å². The van der Waals surface area contributed by atoms with E-state index < -0.39 is 0 Å². The molecule has 7 heteroatoms. The third-order valence-electron chi connectivity index (χ3n) is 4.94. The molecule has 4 aromatic rings. The Bertz CT molecular complexity index is 1110. The van der Waals surface area contributed by atoms with Gasteiger partial charge < -0.3 is 4.90 Å². The van der Waals surface area contributed by atoms with Gasteiger partial charge in [-0.1, -0.05) is 90.1 Å². The van der Waals surface area contributed by atoms with Gasteiger partial charge in [-0.05, 0) is 29.3 Å². The molecule has 0 saturated heterocycles. The largest absolute Gasteiger partial charge is 0.334 e. The molecule has 0 aliphatic rings. The first kappa shape index (κ1) is 21.2. The van der Waals surface area contributed by atoms with Crippen LogP contribution in [0, 0.1) is 0 Å². The summed E-state index contributed by atoms with van der Waals surface area (Å²) >= 11 is 7.47. The minimum Gasteiger partial charge on any atom is -0.334 e. The van der Waals surface area contributed by atoms with E-state index in [-0.39, 0.29) is 17.7 Å². The second-order valence-electron chi connectivity index (χ2n) is 6.98. The monoisotopic (exact) mass is 448 g/mol. The van der Waals surface area contributed by atoms with E-state index in [9.17, 15) is 4.79 Å². The minimum atomic E-state index is -0.165. The van der Waals surface area contributed by atoms with Crippen LogP contribution < -0.4 is 0 Å². The Morgan fingerprint density at radius 2 is 1.65 bits per heavy atom. The number of carbonyl (C=O) groups excluding carboxylic acids is 1. The zero-order valence-corrected chi connectivity index (χ0v) is 18.5. The summed E-state index contributed by atoms with van der Waals surface area (Å²) in [7, 11) is 1.84. The number of benzene rings is 3. The maximum Gasteiger partial charge on any atom is 0.233 e. The molecule has 0 atom stereocenters. The van der Waals surface area contributed by atoms with Gasteiger partial charge in [0, 0.05) is 12.1 Å². The highest BCUT2D eigenvalue weighted by atomic mass is 35.5. The summed E-state index contributed by atoms with van der Waals surface area (Å²) in [5.41, 5.74) is 2.99. The van der Waals surface area contributed by atoms with Gasteiger partial charge in [0.15, 0.2) is 5.16 Å². The van der Waals surface area contributed by atoms with E-state index in [4.69, 9.17) is 11.6 Å². The van der Waals surface area contributed by atoms with Crippen LogP contribution in [0.3, 0.4) is 0 Å². The molecular formula is C24H21ClN4OS. The lowest BCUT2D eigenvalue weighted by molar-refractivity contribution is -0.128. The third-order valence-corrected chi connectivity index (χ3v) is 6.10. The van der Waals surface area contributed by atoms with Crippen LogP contribution in [-0.2, 0) is 4.79 Å². The second kappa shape index (κ2) is 9.81. The van der Waals surface area contributed by atoms with Crippen molar-refractivity contribution in [2.45, 2.75) is 11.2 Å². The number of hydrogen-bond donors (Lipinski definition) is 0. The quantitative estimate of drug-likeness (QED) is 0.362. The van der Waals surface area contributed by atoms with Gasteiger partial charge in [0.25, 0.3) is 0 Å². The summed E-state index contributed by atoms with van der Waals surface area (Å²) in [6.07, 6.45) is 1.62. The Morgan fingerprint density at radius 1 is 1.00 bits per heavy atom. The van der Waals surface area contributed by atoms with Gasteiger partial charge in [0.2, 0.25) is 5.91 Å². The highest BCUT2D eigenvalue weighted by Crippen LogP contribution is 2.29. The third kappa shape index (κ3) is 4.98. The Labute approximate surface area is 190 Å². The van der Waals surface area contributed by atoms with Gasteiger partial charge in [-0.15, -0.1) is 10.2 Å². The molecule has 3 aromatic carbocycles. The number of hydrogen-bond acceptors (Lipinski definition) is 4. The number of amides is 1. The predicted molar refractivity (Wildman–Crippen MR) is 125 cm³/mol. The van der Waals surface area contributed by atoms with Gasteiger partial charge in [-0.25, -0.2) is 0 Å². The van der Waals surface area contributed by atoms with Crippen LogP contribution in [0.5, 0.6) is 0 Å². The summed E-state index contributed by atoms with van der Waals surface area (Å²) in [6, 6.07) is 27.4. The Balaban J connectivity index is 1.52. The molecule has 0 aliphatic carbocycles. The van der Waals surface area contributed by atoms with Crippen LogP contribution in [0.4, 0.5) is 0 Å². The fraction of sp³-hybridized carbons (Fsp3) is 0.125. The molecule has 31 heavy (non-hydrogen) atoms. The van der Waals surface area contributed by atoms with Crippen molar-refractivity contribution in [2.75, 3.05) is 12.8 Å². The molecule has 0 N–H and O–H groups in total. The van der Waals surface area contributed by atoms with Crippen LogP contribution >= 0.6 is 23.4 Å². The molecule has 1 heterocycles. The van der Waals surface area contributed by atoms with Crippen molar-refractivity contribution in [1.29, 1.82) is 0 Å². The van der Waals surface area contributed by atoms with Crippen LogP contribution in [0.2, 0.25) is 5.02 Å². The van der Waals surface area contributed by atoms with Crippen molar-refractivity contribution >= 4 is 29.3 Å². The number of nitrogens with zero attached hydrogens (tertiary/aromatic N) is 4. The van der Waals surface area contributed by atoms with Gasteiger partial charge in [0.1, 0.15) is 6.33 Å². The Kier molecular flexibility index (Phi) is 6.70. The molecule has 0 aliphatic heterocycles. The van der Waals surface area contributed by atoms with Crippen molar-refractivity contribution in [3.63, 3.8) is 0 Å². The number of carbonyl (C=O) groups is 1. The molecule has 0 saturated carbocycles. The summed E-state index contributed by atoms with van der Waals surface area (Å²) in [5.74, 6) is 0.245. The van der Waals surface area contributed by atoms with Crippen molar-refractivity contribution < 1.29 is 4.79 Å². The standard InChI is InChI=1S/C24H21ClN4OS/c1-28(23(18-9-4-2-5-10-18)19-11-6-3-7-12-19)22(30)16-31-24-27-26-17-29(24)21-14-8-13-20(25)15-21/h2-15,17,23H,16H2,1H3. The van der Waals surface area contributed by atoms with Gasteiger partial charge in [0.05, 0.1) is 17.5 Å². The molecule has 5 nitrogen and oxygen atoms in total. The molecule has 0 fully saturated rings. The first-order chi connectivity index (χ1) is 15.1. The molecular weight excluding hydrogens is 428 g/mol. The van der Waals surface area contributed by atoms with E-state index in [1.54, 1.807) is 11.2 Å². The molecule has 0 bridgehead atoms. The van der Waals surface area contributed by atoms with Crippen LogP contribution in [-0.4, -0.2) is 38.4 Å². The van der Waals surface area contributed by atoms with E-state index >= 15 is 0 Å². The fourth-order valence-electron chi connectivity index (χ4n) is 3.41. The maximum absolute atomic E-state index is 13.2. The SMILES string of the molecule is CN(C(=O)CSc1nncn1-c1cccc(Cl)c1)C(c1ccccc1)c1ccccc1. The fourth-order valence-corrected chi connectivity index (χ4v) is 4.45. The van der Waals surface area contributed by atoms with Crippen molar-refractivity contribution in [2.24, 2.45) is 0 Å². The highest BCUT2D eigenvalue weighted by Gasteiger charge is 2.24. The van der Waals surface area contributed by atoms with E-state index in [1.807, 2.05) is 96.5 Å². The summed E-state index contributed by atoms with van der Waals surface area (Å²) in [4.78, 5) is 14.9. The van der Waals surface area contributed by atoms with E-state index in [0.29, 0.717) is 10.2 Å². The van der Waals surface area contributed by atoms with Crippen LogP contribution in [0.1, 0.15) is 17.2 Å². The average Bonchev–Trinajstić information content (AvgIpc) is 3.28. The van der Waals surface area contributed by atoms with E-state index in [2.05, 4.69) is 10.2 Å². The first-order valence-electron chi connectivity index (χ1n) is 9.78. The number of rotatable bonds is 7. The van der Waals surface area contributed by atoms with E-state index in [1.165, 1.54) is 11.8 Å². The zero-order chi connectivity index (χ0) is 21.6. The summed E-state index contributed by atoms with van der Waals surface area (Å²) in [5, 5.41) is 9.45. The molecule has 0 radical (unpaired) electrons. The highest BCUT2D eigenvalue weighted by molar-refractivity contribution is 7.99. The second-order valence-corrected chi connectivity index (χ2v) is 8.36. The number of halogens is 1. The van der Waals surface area contributed by atoms with Crippen molar-refractivity contribution in [3.8, 4) is 5.69 Å². The van der Waals surface area contributed by atoms with E-state index in [0.717, 1.165) is 16.8 Å². The Morgan fingerprint density at radius 3 is 2.26 bits per heavy atom. The Hall–Kier alpha value is -3.09. The molecule has 1 aromatic heterocycles. The summed E-state index contributed by atoms with van der Waals surface area (Å²) in [6.45, 7) is 0. The molecule has 0 spiro atoms. The smallest absolute Gasteiger partial charge is 0.233 e. The molecule has 0 unspecified atom stereocenters. The topological polar surface area (TPSA) is 51.0 Å². The maximum atomic E-state index is 13.2. The van der Waals surface area contributed by atoms with Gasteiger partial charge in [-0.2, -0.15) is 0 Å². The van der Waals surface area contributed by atoms with Crippen LogP contribution in [0.15, 0.2) is 96.4 Å². The van der Waals surface area contributed by atoms with Gasteiger partial charge in [-0.3, -0.25) is 9.36 Å². The summed E-state index contributed by atoms with van der Waals surface area (Å²) < 4.78 is 1.83. The lowest BCUT2D eigenvalue weighted by Crippen LogP contribution is -2.33. The zero-order valence-electron chi connectivity index (χ0n) is 16.9. The first-order valence-corrected chi connectivity index (χ1v) is 11.1. The lowest BCUT2D eigenvalue weighted by Gasteiger charge is -2.29. The predicted octanol–water partition coefficient (Wildman–Crippen LogP) is 5.26. The number of thioether (sulfide) groups is 1. The molecule has 1 amide bonds. The minimum absolute atomic E-state index is 0.00310. The lowest BCUT2D eigenvalue weighted by atomic mass is 9.97. The molecule has 156 valence electrons. The van der Waals surface area contributed by atoms with Crippen molar-refractivity contribution in [3.05, 3.63) is 107 Å². The molecule has 4 rings (SSSR count). The van der Waals surface area contributed by atoms with Crippen molar-refractivity contribution in [1.82, 2.24) is 19.7 Å². The normalized spacial score (nSPS) is 10.9. The van der Waals surface area contributed by atoms with Crippen LogP contribution in [0.25, 0.3) is 5.69 Å². The average molecular weight is 449 g/mol.